The van der Waals surface area contributed by atoms with Crippen LogP contribution in [0.2, 0.25) is 0 Å². The lowest BCUT2D eigenvalue weighted by molar-refractivity contribution is -0.122. The molecule has 0 saturated carbocycles. The van der Waals surface area contributed by atoms with Crippen LogP contribution in [-0.2, 0) is 11.3 Å². The molecule has 2 rings (SSSR count). The highest BCUT2D eigenvalue weighted by atomic mass is 16.1. The quantitative estimate of drug-likeness (QED) is 0.897. The van der Waals surface area contributed by atoms with Crippen LogP contribution in [0.1, 0.15) is 18.4 Å². The van der Waals surface area contributed by atoms with E-state index in [4.69, 9.17) is 0 Å². The average Bonchev–Trinajstić information content (AvgIpc) is 2.93. The summed E-state index contributed by atoms with van der Waals surface area (Å²) in [7, 11) is 0. The van der Waals surface area contributed by atoms with E-state index in [-0.39, 0.29) is 11.9 Å². The molecular formula is C15H16N4O. The SMILES string of the molecule is CC(Cn1cccn1)NC(=O)C(C#N)c1ccccc1. The van der Waals surface area contributed by atoms with E-state index in [0.29, 0.717) is 12.1 Å². The molecule has 5 nitrogen and oxygen atoms in total. The lowest BCUT2D eigenvalue weighted by atomic mass is 9.99. The van der Waals surface area contributed by atoms with Gasteiger partial charge in [0.2, 0.25) is 5.91 Å². The van der Waals surface area contributed by atoms with Crippen LogP contribution in [0.5, 0.6) is 0 Å². The van der Waals surface area contributed by atoms with E-state index >= 15 is 0 Å². The van der Waals surface area contributed by atoms with Crippen LogP contribution in [0.15, 0.2) is 48.8 Å². The first kappa shape index (κ1) is 13.8. The third-order valence-corrected chi connectivity index (χ3v) is 2.93. The Morgan fingerprint density at radius 1 is 1.40 bits per heavy atom. The number of carbonyl (C=O) groups is 1. The molecule has 2 atom stereocenters. The molecule has 2 unspecified atom stereocenters. The van der Waals surface area contributed by atoms with Gasteiger partial charge < -0.3 is 5.32 Å². The van der Waals surface area contributed by atoms with Gasteiger partial charge in [-0.05, 0) is 18.6 Å². The average molecular weight is 268 g/mol. The Morgan fingerprint density at radius 3 is 2.75 bits per heavy atom. The smallest absolute Gasteiger partial charge is 0.242 e. The van der Waals surface area contributed by atoms with Crippen molar-refractivity contribution in [3.8, 4) is 6.07 Å². The fourth-order valence-corrected chi connectivity index (χ4v) is 1.99. The Hall–Kier alpha value is -2.61. The Morgan fingerprint density at radius 2 is 2.15 bits per heavy atom. The maximum Gasteiger partial charge on any atom is 0.242 e. The summed E-state index contributed by atoms with van der Waals surface area (Å²) < 4.78 is 1.74. The molecule has 1 aromatic carbocycles. The van der Waals surface area contributed by atoms with Crippen molar-refractivity contribution in [2.24, 2.45) is 0 Å². The van der Waals surface area contributed by atoms with Gasteiger partial charge in [0.05, 0.1) is 12.6 Å². The van der Waals surface area contributed by atoms with Gasteiger partial charge in [0, 0.05) is 18.4 Å². The zero-order valence-corrected chi connectivity index (χ0v) is 11.2. The van der Waals surface area contributed by atoms with Crippen molar-refractivity contribution in [2.45, 2.75) is 25.4 Å². The van der Waals surface area contributed by atoms with E-state index < -0.39 is 5.92 Å². The van der Waals surface area contributed by atoms with E-state index in [1.165, 1.54) is 0 Å². The van der Waals surface area contributed by atoms with Gasteiger partial charge in [0.15, 0.2) is 0 Å². The largest absolute Gasteiger partial charge is 0.350 e. The monoisotopic (exact) mass is 268 g/mol. The number of aromatic nitrogens is 2. The topological polar surface area (TPSA) is 70.7 Å². The maximum atomic E-state index is 12.2. The third-order valence-electron chi connectivity index (χ3n) is 2.93. The lowest BCUT2D eigenvalue weighted by Crippen LogP contribution is -2.38. The summed E-state index contributed by atoms with van der Waals surface area (Å²) in [6, 6.07) is 12.8. The standard InChI is InChI=1S/C15H16N4O/c1-12(11-19-9-5-8-17-19)18-15(20)14(10-16)13-6-3-2-4-7-13/h2-9,12,14H,11H2,1H3,(H,18,20). The first-order chi connectivity index (χ1) is 9.70. The molecule has 1 amide bonds. The highest BCUT2D eigenvalue weighted by Crippen LogP contribution is 2.14. The first-order valence-electron chi connectivity index (χ1n) is 6.43. The second-order valence-corrected chi connectivity index (χ2v) is 4.61. The minimum Gasteiger partial charge on any atom is -0.350 e. The van der Waals surface area contributed by atoms with Crippen molar-refractivity contribution in [3.05, 3.63) is 54.4 Å². The van der Waals surface area contributed by atoms with E-state index in [2.05, 4.69) is 10.4 Å². The summed E-state index contributed by atoms with van der Waals surface area (Å²) >= 11 is 0. The Balaban J connectivity index is 1.98. The molecule has 102 valence electrons. The van der Waals surface area contributed by atoms with Crippen LogP contribution in [0.4, 0.5) is 0 Å². The van der Waals surface area contributed by atoms with Crippen LogP contribution in [0, 0.1) is 11.3 Å². The van der Waals surface area contributed by atoms with Gasteiger partial charge in [0.25, 0.3) is 0 Å². The van der Waals surface area contributed by atoms with Crippen LogP contribution in [0.3, 0.4) is 0 Å². The molecule has 0 fully saturated rings. The predicted molar refractivity (Wildman–Crippen MR) is 74.6 cm³/mol. The Labute approximate surface area is 117 Å². The molecule has 0 radical (unpaired) electrons. The molecule has 1 heterocycles. The van der Waals surface area contributed by atoms with Gasteiger partial charge >= 0.3 is 0 Å². The zero-order chi connectivity index (χ0) is 14.4. The van der Waals surface area contributed by atoms with Crippen molar-refractivity contribution in [1.29, 1.82) is 5.26 Å². The minimum absolute atomic E-state index is 0.0954. The summed E-state index contributed by atoms with van der Waals surface area (Å²) in [4.78, 5) is 12.2. The number of carbonyl (C=O) groups excluding carboxylic acids is 1. The molecule has 2 aromatic rings. The molecule has 5 heteroatoms. The fraction of sp³-hybridized carbons (Fsp3) is 0.267. The van der Waals surface area contributed by atoms with E-state index in [0.717, 1.165) is 0 Å². The molecule has 0 aliphatic heterocycles. The van der Waals surface area contributed by atoms with Gasteiger partial charge in [-0.25, -0.2) is 0 Å². The van der Waals surface area contributed by atoms with Gasteiger partial charge in [-0.2, -0.15) is 10.4 Å². The molecule has 0 spiro atoms. The van der Waals surface area contributed by atoms with Crippen LogP contribution in [0.25, 0.3) is 0 Å². The zero-order valence-electron chi connectivity index (χ0n) is 11.2. The number of hydrogen-bond donors (Lipinski definition) is 1. The summed E-state index contributed by atoms with van der Waals surface area (Å²) in [6.07, 6.45) is 3.53. The van der Waals surface area contributed by atoms with Crippen molar-refractivity contribution < 1.29 is 4.79 Å². The predicted octanol–water partition coefficient (Wildman–Crippen LogP) is 1.70. The first-order valence-corrected chi connectivity index (χ1v) is 6.43. The summed E-state index contributed by atoms with van der Waals surface area (Å²) in [6.45, 7) is 2.46. The molecular weight excluding hydrogens is 252 g/mol. The molecule has 1 aromatic heterocycles. The summed E-state index contributed by atoms with van der Waals surface area (Å²) in [5.74, 6) is -1.06. The van der Waals surface area contributed by atoms with Gasteiger partial charge in [-0.3, -0.25) is 9.48 Å². The molecule has 20 heavy (non-hydrogen) atoms. The van der Waals surface area contributed by atoms with Crippen molar-refractivity contribution in [2.75, 3.05) is 0 Å². The summed E-state index contributed by atoms with van der Waals surface area (Å²) in [5.41, 5.74) is 0.707. The highest BCUT2D eigenvalue weighted by Gasteiger charge is 2.21. The molecule has 0 aliphatic rings. The van der Waals surface area contributed by atoms with E-state index in [1.807, 2.05) is 43.5 Å². The number of rotatable bonds is 5. The molecule has 0 bridgehead atoms. The number of nitriles is 1. The number of amides is 1. The Bertz CT molecular complexity index is 586. The molecule has 0 saturated heterocycles. The van der Waals surface area contributed by atoms with Crippen molar-refractivity contribution in [1.82, 2.24) is 15.1 Å². The van der Waals surface area contributed by atoms with Crippen LogP contribution >= 0.6 is 0 Å². The van der Waals surface area contributed by atoms with Crippen molar-refractivity contribution in [3.63, 3.8) is 0 Å². The Kier molecular flexibility index (Phi) is 4.51. The minimum atomic E-state index is -0.781. The second kappa shape index (κ2) is 6.53. The number of nitrogens with one attached hydrogen (secondary N) is 1. The number of benzene rings is 1. The van der Waals surface area contributed by atoms with Gasteiger partial charge in [0.1, 0.15) is 5.92 Å². The van der Waals surface area contributed by atoms with Crippen LogP contribution < -0.4 is 5.32 Å². The second-order valence-electron chi connectivity index (χ2n) is 4.61. The van der Waals surface area contributed by atoms with E-state index in [9.17, 15) is 10.1 Å². The summed E-state index contributed by atoms with van der Waals surface area (Å²) in [5, 5.41) is 16.1. The lowest BCUT2D eigenvalue weighted by Gasteiger charge is -2.16. The van der Waals surface area contributed by atoms with Gasteiger partial charge in [-0.15, -0.1) is 0 Å². The van der Waals surface area contributed by atoms with Gasteiger partial charge in [-0.1, -0.05) is 30.3 Å². The van der Waals surface area contributed by atoms with Crippen LogP contribution in [-0.4, -0.2) is 21.7 Å². The third kappa shape index (κ3) is 3.45. The maximum absolute atomic E-state index is 12.2. The highest BCUT2D eigenvalue weighted by molar-refractivity contribution is 5.86. The fourth-order valence-electron chi connectivity index (χ4n) is 1.99. The van der Waals surface area contributed by atoms with E-state index in [1.54, 1.807) is 23.0 Å². The van der Waals surface area contributed by atoms with Crippen molar-refractivity contribution >= 4 is 5.91 Å². The molecule has 1 N–H and O–H groups in total. The molecule has 0 aliphatic carbocycles. The number of nitrogens with zero attached hydrogens (tertiary/aromatic N) is 3. The normalized spacial score (nSPS) is 13.2. The number of hydrogen-bond acceptors (Lipinski definition) is 3.